The van der Waals surface area contributed by atoms with Gasteiger partial charge in [0.05, 0.1) is 6.61 Å². The minimum Gasteiger partial charge on any atom is -0.381 e. The minimum atomic E-state index is -0.774. The summed E-state index contributed by atoms with van der Waals surface area (Å²) in [6.45, 7) is 9.94. The third kappa shape index (κ3) is 5.90. The molecule has 2 atom stereocenters. The van der Waals surface area contributed by atoms with Gasteiger partial charge < -0.3 is 14.4 Å². The summed E-state index contributed by atoms with van der Waals surface area (Å²) in [5.74, 6) is 0.0559. The van der Waals surface area contributed by atoms with Crippen LogP contribution in [0.5, 0.6) is 0 Å². The lowest BCUT2D eigenvalue weighted by Gasteiger charge is -2.35. The molecule has 0 aliphatic heterocycles. The van der Waals surface area contributed by atoms with Crippen LogP contribution in [0.1, 0.15) is 33.3 Å². The van der Waals surface area contributed by atoms with Crippen molar-refractivity contribution in [2.75, 3.05) is 31.3 Å². The molecular formula is C18H30N2O2S2. The van der Waals surface area contributed by atoms with E-state index in [0.717, 1.165) is 12.1 Å². The van der Waals surface area contributed by atoms with Crippen LogP contribution in [0.3, 0.4) is 0 Å². The summed E-state index contributed by atoms with van der Waals surface area (Å²) in [5, 5.41) is 3.43. The van der Waals surface area contributed by atoms with Gasteiger partial charge in [0.2, 0.25) is 5.91 Å². The Labute approximate surface area is 156 Å². The van der Waals surface area contributed by atoms with Gasteiger partial charge in [-0.1, -0.05) is 12.1 Å². The van der Waals surface area contributed by atoms with E-state index in [9.17, 15) is 4.79 Å². The van der Waals surface area contributed by atoms with E-state index in [1.54, 1.807) is 0 Å². The normalized spacial score (nSPS) is 14.8. The number of hydrogen-bond donors (Lipinski definition) is 2. The zero-order valence-electron chi connectivity index (χ0n) is 15.3. The average molecular weight is 371 g/mol. The summed E-state index contributed by atoms with van der Waals surface area (Å²) in [6, 6.07) is 8.12. The van der Waals surface area contributed by atoms with Crippen LogP contribution in [0.25, 0.3) is 0 Å². The smallest absolute Gasteiger partial charge is 0.240 e. The minimum absolute atomic E-state index is 0.0559. The Hall–Kier alpha value is -0.850. The SMILES string of the molecule is CCN(CC)C(=O)C(C)(S)C(C)Nc1cccc(CCOSC)c1. The van der Waals surface area contributed by atoms with Gasteiger partial charge in [-0.05, 0) is 63.9 Å². The zero-order chi connectivity index (χ0) is 18.2. The molecule has 0 radical (unpaired) electrons. The number of rotatable bonds is 10. The molecule has 1 aromatic carbocycles. The number of thiol groups is 1. The number of nitrogens with zero attached hydrogens (tertiary/aromatic N) is 1. The molecule has 0 bridgehead atoms. The van der Waals surface area contributed by atoms with Crippen LogP contribution < -0.4 is 5.32 Å². The lowest BCUT2D eigenvalue weighted by molar-refractivity contribution is -0.133. The van der Waals surface area contributed by atoms with Crippen LogP contribution in [-0.4, -0.2) is 47.5 Å². The number of nitrogens with one attached hydrogen (secondary N) is 1. The van der Waals surface area contributed by atoms with Crippen molar-refractivity contribution in [1.82, 2.24) is 4.90 Å². The largest absolute Gasteiger partial charge is 0.381 e. The number of carbonyl (C=O) groups is 1. The maximum atomic E-state index is 12.7. The second-order valence-electron chi connectivity index (χ2n) is 5.93. The van der Waals surface area contributed by atoms with Crippen LogP contribution in [0.15, 0.2) is 24.3 Å². The van der Waals surface area contributed by atoms with Gasteiger partial charge in [0.25, 0.3) is 0 Å². The fourth-order valence-corrected chi connectivity index (χ4v) is 2.92. The first-order valence-corrected chi connectivity index (χ1v) is 9.99. The molecule has 0 aromatic heterocycles. The van der Waals surface area contributed by atoms with Gasteiger partial charge in [0.15, 0.2) is 0 Å². The van der Waals surface area contributed by atoms with Crippen molar-refractivity contribution in [3.05, 3.63) is 29.8 Å². The Morgan fingerprint density at radius 2 is 2.08 bits per heavy atom. The van der Waals surface area contributed by atoms with Crippen molar-refractivity contribution < 1.29 is 8.98 Å². The van der Waals surface area contributed by atoms with Crippen LogP contribution >= 0.6 is 24.7 Å². The van der Waals surface area contributed by atoms with Crippen LogP contribution in [-0.2, 0) is 15.4 Å². The fourth-order valence-electron chi connectivity index (χ4n) is 2.47. The standard InChI is InChI=1S/C18H30N2O2S2/c1-6-20(7-2)17(21)18(4,23)14(3)19-16-10-8-9-15(13-16)11-12-22-24-5/h8-10,13-14,19,23H,6-7,11-12H2,1-5H3. The number of hydrogen-bond acceptors (Lipinski definition) is 5. The molecule has 2 unspecified atom stereocenters. The molecule has 1 N–H and O–H groups in total. The predicted molar refractivity (Wildman–Crippen MR) is 108 cm³/mol. The molecule has 136 valence electrons. The molecule has 0 spiro atoms. The quantitative estimate of drug-likeness (QED) is 0.373. The Bertz CT molecular complexity index is 519. The van der Waals surface area contributed by atoms with Crippen LogP contribution in [0.2, 0.25) is 0 Å². The summed E-state index contributed by atoms with van der Waals surface area (Å²) in [7, 11) is 0. The van der Waals surface area contributed by atoms with E-state index in [4.69, 9.17) is 4.18 Å². The summed E-state index contributed by atoms with van der Waals surface area (Å²) in [6.07, 6.45) is 2.78. The summed E-state index contributed by atoms with van der Waals surface area (Å²) >= 11 is 6.05. The molecule has 0 fully saturated rings. The maximum absolute atomic E-state index is 12.7. The van der Waals surface area contributed by atoms with Crippen molar-refractivity contribution >= 4 is 36.3 Å². The molecule has 0 saturated carbocycles. The highest BCUT2D eigenvalue weighted by Gasteiger charge is 2.37. The highest BCUT2D eigenvalue weighted by molar-refractivity contribution is 7.93. The van der Waals surface area contributed by atoms with Crippen LogP contribution in [0.4, 0.5) is 5.69 Å². The maximum Gasteiger partial charge on any atom is 0.240 e. The Balaban J connectivity index is 2.77. The molecule has 6 heteroatoms. The molecule has 4 nitrogen and oxygen atoms in total. The molecule has 0 heterocycles. The van der Waals surface area contributed by atoms with Gasteiger partial charge >= 0.3 is 0 Å². The highest BCUT2D eigenvalue weighted by Crippen LogP contribution is 2.25. The van der Waals surface area contributed by atoms with Crippen molar-refractivity contribution in [3.8, 4) is 0 Å². The van der Waals surface area contributed by atoms with Crippen LogP contribution in [0, 0.1) is 0 Å². The van der Waals surface area contributed by atoms with E-state index in [-0.39, 0.29) is 11.9 Å². The third-order valence-corrected chi connectivity index (χ3v) is 5.21. The fraction of sp³-hybridized carbons (Fsp3) is 0.611. The highest BCUT2D eigenvalue weighted by atomic mass is 32.2. The molecular weight excluding hydrogens is 340 g/mol. The van der Waals surface area contributed by atoms with Gasteiger partial charge in [0.1, 0.15) is 4.75 Å². The van der Waals surface area contributed by atoms with Gasteiger partial charge in [0, 0.05) is 31.1 Å². The third-order valence-electron chi connectivity index (χ3n) is 4.23. The predicted octanol–water partition coefficient (Wildman–Crippen LogP) is 3.88. The number of anilines is 1. The zero-order valence-corrected chi connectivity index (χ0v) is 17.0. The lowest BCUT2D eigenvalue weighted by Crippen LogP contribution is -2.52. The van der Waals surface area contributed by atoms with Crippen molar-refractivity contribution in [2.24, 2.45) is 0 Å². The first-order chi connectivity index (χ1) is 11.4. The topological polar surface area (TPSA) is 41.6 Å². The molecule has 0 saturated heterocycles. The molecule has 24 heavy (non-hydrogen) atoms. The lowest BCUT2D eigenvalue weighted by atomic mass is 9.99. The summed E-state index contributed by atoms with van der Waals surface area (Å²) in [4.78, 5) is 14.5. The average Bonchev–Trinajstić information content (AvgIpc) is 2.56. The van der Waals surface area contributed by atoms with E-state index >= 15 is 0 Å². The van der Waals surface area contributed by atoms with Crippen molar-refractivity contribution in [2.45, 2.75) is 44.9 Å². The van der Waals surface area contributed by atoms with E-state index in [0.29, 0.717) is 19.7 Å². The van der Waals surface area contributed by atoms with Crippen molar-refractivity contribution in [1.29, 1.82) is 0 Å². The molecule has 1 rings (SSSR count). The van der Waals surface area contributed by atoms with Gasteiger partial charge in [-0.15, -0.1) is 0 Å². The summed E-state index contributed by atoms with van der Waals surface area (Å²) in [5.41, 5.74) is 2.20. The Kier molecular flexibility index (Phi) is 9.02. The monoisotopic (exact) mass is 370 g/mol. The molecule has 0 aliphatic rings. The summed E-state index contributed by atoms with van der Waals surface area (Å²) < 4.78 is 4.56. The van der Waals surface area contributed by atoms with Crippen molar-refractivity contribution in [3.63, 3.8) is 0 Å². The van der Waals surface area contributed by atoms with E-state index in [2.05, 4.69) is 30.1 Å². The van der Waals surface area contributed by atoms with Gasteiger partial charge in [-0.25, -0.2) is 0 Å². The molecule has 1 amide bonds. The van der Waals surface area contributed by atoms with E-state index in [1.807, 2.05) is 51.0 Å². The van der Waals surface area contributed by atoms with E-state index in [1.165, 1.54) is 17.6 Å². The second kappa shape index (κ2) is 10.2. The van der Waals surface area contributed by atoms with E-state index < -0.39 is 4.75 Å². The first-order valence-electron chi connectivity index (χ1n) is 8.39. The van der Waals surface area contributed by atoms with Gasteiger partial charge in [-0.3, -0.25) is 4.79 Å². The second-order valence-corrected chi connectivity index (χ2v) is 7.43. The number of benzene rings is 1. The number of amides is 1. The molecule has 0 aliphatic carbocycles. The first kappa shape index (κ1) is 21.2. The number of carbonyl (C=O) groups excluding carboxylic acids is 1. The van der Waals surface area contributed by atoms with Gasteiger partial charge in [-0.2, -0.15) is 12.6 Å². The molecule has 1 aromatic rings. The Morgan fingerprint density at radius 3 is 2.67 bits per heavy atom. The Morgan fingerprint density at radius 1 is 1.42 bits per heavy atom.